The lowest BCUT2D eigenvalue weighted by Crippen LogP contribution is -2.33. The number of ether oxygens (including phenoxy) is 1. The number of aryl methyl sites for hydroxylation is 1. The van der Waals surface area contributed by atoms with Gasteiger partial charge in [0.25, 0.3) is 0 Å². The summed E-state index contributed by atoms with van der Waals surface area (Å²) in [4.78, 5) is 39.9. The van der Waals surface area contributed by atoms with Crippen LogP contribution >= 0.6 is 11.3 Å². The number of carbonyl (C=O) groups excluding carboxylic acids is 3. The summed E-state index contributed by atoms with van der Waals surface area (Å²) in [5.41, 5.74) is 3.11. The largest absolute Gasteiger partial charge is 0.462 e. The number of nitrogens with zero attached hydrogens (tertiary/aromatic N) is 1. The van der Waals surface area contributed by atoms with Crippen LogP contribution in [0.4, 0.5) is 5.00 Å². The number of carbonyl (C=O) groups is 3. The van der Waals surface area contributed by atoms with Crippen LogP contribution in [0.5, 0.6) is 0 Å². The molecule has 1 aromatic carbocycles. The van der Waals surface area contributed by atoms with Crippen LogP contribution in [0.2, 0.25) is 0 Å². The van der Waals surface area contributed by atoms with Gasteiger partial charge < -0.3 is 15.0 Å². The van der Waals surface area contributed by atoms with Gasteiger partial charge in [0.05, 0.1) is 24.6 Å². The van der Waals surface area contributed by atoms with E-state index in [-0.39, 0.29) is 24.8 Å². The maximum atomic E-state index is 12.9. The Balaban J connectivity index is 1.85. The van der Waals surface area contributed by atoms with E-state index in [1.54, 1.807) is 18.0 Å². The minimum atomic E-state index is -0.444. The molecule has 2 amide bonds. The van der Waals surface area contributed by atoms with E-state index < -0.39 is 12.0 Å². The molecule has 0 saturated carbocycles. The monoisotopic (exact) mass is 412 g/mol. The Kier molecular flexibility index (Phi) is 6.17. The Hall–Kier alpha value is -2.93. The second kappa shape index (κ2) is 8.61. The topological polar surface area (TPSA) is 75.7 Å². The van der Waals surface area contributed by atoms with E-state index in [0.29, 0.717) is 10.6 Å². The zero-order valence-corrected chi connectivity index (χ0v) is 17.8. The highest BCUT2D eigenvalue weighted by Crippen LogP contribution is 2.36. The minimum Gasteiger partial charge on any atom is -0.462 e. The van der Waals surface area contributed by atoms with Crippen LogP contribution in [0.3, 0.4) is 0 Å². The Morgan fingerprint density at radius 3 is 2.62 bits per heavy atom. The summed E-state index contributed by atoms with van der Waals surface area (Å²) in [6.45, 7) is 7.23. The molecule has 3 rings (SSSR count). The summed E-state index contributed by atoms with van der Waals surface area (Å²) < 4.78 is 5.14. The predicted molar refractivity (Wildman–Crippen MR) is 114 cm³/mol. The first-order valence-corrected chi connectivity index (χ1v) is 10.3. The van der Waals surface area contributed by atoms with Crippen molar-refractivity contribution in [2.45, 2.75) is 40.2 Å². The third-order valence-electron chi connectivity index (χ3n) is 4.97. The second-order valence-electron chi connectivity index (χ2n) is 6.85. The molecule has 152 valence electrons. The highest BCUT2D eigenvalue weighted by Gasteiger charge is 2.29. The SMILES string of the molecule is CCOC(=O)c1c(NC(=O)CC2c3ccccc3C=CN2C(C)=O)sc(C)c1C. The van der Waals surface area contributed by atoms with Crippen molar-refractivity contribution in [1.82, 2.24) is 4.90 Å². The molecular weight excluding hydrogens is 388 g/mol. The van der Waals surface area contributed by atoms with Crippen molar-refractivity contribution in [1.29, 1.82) is 0 Å². The van der Waals surface area contributed by atoms with E-state index in [0.717, 1.165) is 21.6 Å². The van der Waals surface area contributed by atoms with Gasteiger partial charge in [-0.05, 0) is 43.5 Å². The number of benzene rings is 1. The molecule has 29 heavy (non-hydrogen) atoms. The normalized spacial score (nSPS) is 15.0. The van der Waals surface area contributed by atoms with Crippen LogP contribution < -0.4 is 5.32 Å². The molecule has 1 N–H and O–H groups in total. The highest BCUT2D eigenvalue weighted by atomic mass is 32.1. The summed E-state index contributed by atoms with van der Waals surface area (Å²) in [5.74, 6) is -0.845. The molecule has 7 heteroatoms. The molecule has 0 fully saturated rings. The van der Waals surface area contributed by atoms with E-state index >= 15 is 0 Å². The maximum absolute atomic E-state index is 12.9. The molecule has 0 radical (unpaired) electrons. The van der Waals surface area contributed by atoms with Crippen molar-refractivity contribution < 1.29 is 19.1 Å². The Bertz CT molecular complexity index is 993. The Labute approximate surface area is 174 Å². The predicted octanol–water partition coefficient (Wildman–Crippen LogP) is 4.44. The molecule has 0 bridgehead atoms. The van der Waals surface area contributed by atoms with Crippen molar-refractivity contribution in [3.8, 4) is 0 Å². The fraction of sp³-hybridized carbons (Fsp3) is 0.318. The molecule has 2 heterocycles. The van der Waals surface area contributed by atoms with E-state index in [1.165, 1.54) is 18.3 Å². The molecule has 1 aliphatic rings. The lowest BCUT2D eigenvalue weighted by atomic mass is 9.93. The average Bonchev–Trinajstić information content (AvgIpc) is 2.95. The first-order valence-electron chi connectivity index (χ1n) is 9.46. The summed E-state index contributed by atoms with van der Waals surface area (Å²) >= 11 is 1.35. The van der Waals surface area contributed by atoms with E-state index in [9.17, 15) is 14.4 Å². The minimum absolute atomic E-state index is 0.0825. The van der Waals surface area contributed by atoms with Crippen molar-refractivity contribution in [3.63, 3.8) is 0 Å². The summed E-state index contributed by atoms with van der Waals surface area (Å²) in [5, 5.41) is 3.35. The van der Waals surface area contributed by atoms with E-state index in [1.807, 2.05) is 44.2 Å². The number of rotatable bonds is 5. The van der Waals surface area contributed by atoms with Crippen molar-refractivity contribution in [2.24, 2.45) is 0 Å². The molecular formula is C22H24N2O4S. The number of thiophene rings is 1. The lowest BCUT2D eigenvalue weighted by Gasteiger charge is -2.32. The Morgan fingerprint density at radius 2 is 1.93 bits per heavy atom. The highest BCUT2D eigenvalue weighted by molar-refractivity contribution is 7.16. The van der Waals surface area contributed by atoms with E-state index in [2.05, 4.69) is 5.32 Å². The Morgan fingerprint density at radius 1 is 1.21 bits per heavy atom. The van der Waals surface area contributed by atoms with Crippen LogP contribution in [0.25, 0.3) is 6.08 Å². The van der Waals surface area contributed by atoms with Crippen LogP contribution in [-0.2, 0) is 14.3 Å². The van der Waals surface area contributed by atoms with Gasteiger partial charge in [-0.1, -0.05) is 24.3 Å². The number of fused-ring (bicyclic) bond motifs is 1. The van der Waals surface area contributed by atoms with Gasteiger partial charge in [0.15, 0.2) is 0 Å². The number of amides is 2. The molecule has 6 nitrogen and oxygen atoms in total. The van der Waals surface area contributed by atoms with Gasteiger partial charge in [0.2, 0.25) is 11.8 Å². The van der Waals surface area contributed by atoms with Gasteiger partial charge in [-0.15, -0.1) is 11.3 Å². The van der Waals surface area contributed by atoms with Crippen LogP contribution in [-0.4, -0.2) is 29.3 Å². The van der Waals surface area contributed by atoms with Crippen LogP contribution in [0.15, 0.2) is 30.5 Å². The zero-order valence-electron chi connectivity index (χ0n) is 16.9. The van der Waals surface area contributed by atoms with Gasteiger partial charge >= 0.3 is 5.97 Å². The summed E-state index contributed by atoms with van der Waals surface area (Å²) in [7, 11) is 0. The molecule has 1 aliphatic heterocycles. The fourth-order valence-electron chi connectivity index (χ4n) is 3.43. The molecule has 1 atom stereocenters. The van der Waals surface area contributed by atoms with Crippen LogP contribution in [0.1, 0.15) is 58.2 Å². The van der Waals surface area contributed by atoms with Crippen molar-refractivity contribution in [2.75, 3.05) is 11.9 Å². The van der Waals surface area contributed by atoms with Crippen LogP contribution in [0, 0.1) is 13.8 Å². The lowest BCUT2D eigenvalue weighted by molar-refractivity contribution is -0.129. The van der Waals surface area contributed by atoms with Gasteiger partial charge in [-0.3, -0.25) is 9.59 Å². The standard InChI is InChI=1S/C22H24N2O4S/c1-5-28-22(27)20-13(2)14(3)29-21(20)23-19(26)12-18-17-9-7-6-8-16(17)10-11-24(18)15(4)25/h6-11,18H,5,12H2,1-4H3,(H,23,26). The number of hydrogen-bond donors (Lipinski definition) is 1. The molecule has 2 aromatic rings. The summed E-state index contributed by atoms with van der Waals surface area (Å²) in [6, 6.07) is 7.30. The quantitative estimate of drug-likeness (QED) is 0.737. The molecule has 1 unspecified atom stereocenters. The van der Waals surface area contributed by atoms with Crippen molar-refractivity contribution >= 4 is 40.2 Å². The maximum Gasteiger partial charge on any atom is 0.341 e. The first kappa shape index (κ1) is 20.8. The number of esters is 1. The number of nitrogens with one attached hydrogen (secondary N) is 1. The number of anilines is 1. The third kappa shape index (κ3) is 4.24. The second-order valence-corrected chi connectivity index (χ2v) is 8.07. The van der Waals surface area contributed by atoms with Gasteiger partial charge in [0, 0.05) is 18.0 Å². The average molecular weight is 413 g/mol. The number of hydrogen-bond acceptors (Lipinski definition) is 5. The molecule has 0 spiro atoms. The van der Waals surface area contributed by atoms with Gasteiger partial charge in [-0.25, -0.2) is 4.79 Å². The van der Waals surface area contributed by atoms with Crippen molar-refractivity contribution in [3.05, 3.63) is 57.6 Å². The van der Waals surface area contributed by atoms with Gasteiger partial charge in [-0.2, -0.15) is 0 Å². The summed E-state index contributed by atoms with van der Waals surface area (Å²) in [6.07, 6.45) is 3.67. The van der Waals surface area contributed by atoms with E-state index in [4.69, 9.17) is 4.74 Å². The zero-order chi connectivity index (χ0) is 21.1. The molecule has 0 aliphatic carbocycles. The molecule has 0 saturated heterocycles. The molecule has 1 aromatic heterocycles. The third-order valence-corrected chi connectivity index (χ3v) is 6.09. The smallest absolute Gasteiger partial charge is 0.341 e. The fourth-order valence-corrected chi connectivity index (χ4v) is 4.50. The van der Waals surface area contributed by atoms with Gasteiger partial charge in [0.1, 0.15) is 5.00 Å². The first-order chi connectivity index (χ1) is 13.8.